The van der Waals surface area contributed by atoms with E-state index in [1.54, 1.807) is 7.11 Å². The van der Waals surface area contributed by atoms with Gasteiger partial charge in [-0.1, -0.05) is 42.5 Å². The molecule has 1 aliphatic rings. The van der Waals surface area contributed by atoms with Crippen LogP contribution in [0.3, 0.4) is 0 Å². The molecule has 2 nitrogen and oxygen atoms in total. The van der Waals surface area contributed by atoms with Crippen molar-refractivity contribution in [3.8, 4) is 5.75 Å². The van der Waals surface area contributed by atoms with Gasteiger partial charge in [0.15, 0.2) is 0 Å². The molecule has 0 atom stereocenters. The lowest BCUT2D eigenvalue weighted by Crippen LogP contribution is -2.16. The first-order valence-corrected chi connectivity index (χ1v) is 6.89. The highest BCUT2D eigenvalue weighted by molar-refractivity contribution is 5.82. The van der Waals surface area contributed by atoms with Crippen LogP contribution in [-0.2, 0) is 6.54 Å². The molecule has 2 aromatic rings. The number of ether oxygens (including phenoxy) is 1. The van der Waals surface area contributed by atoms with Gasteiger partial charge >= 0.3 is 0 Å². The molecule has 0 spiro atoms. The van der Waals surface area contributed by atoms with Crippen molar-refractivity contribution in [2.45, 2.75) is 6.54 Å². The topological polar surface area (TPSA) is 12.5 Å². The fourth-order valence-electron chi connectivity index (χ4n) is 2.69. The Morgan fingerprint density at radius 1 is 1.05 bits per heavy atom. The van der Waals surface area contributed by atoms with E-state index in [4.69, 9.17) is 4.74 Å². The summed E-state index contributed by atoms with van der Waals surface area (Å²) in [7, 11) is 3.86. The summed E-state index contributed by atoms with van der Waals surface area (Å²) in [4.78, 5) is 2.31. The highest BCUT2D eigenvalue weighted by Crippen LogP contribution is 2.31. The maximum Gasteiger partial charge on any atom is 0.119 e. The lowest BCUT2D eigenvalue weighted by molar-refractivity contribution is 0.363. The number of fused-ring (bicyclic) bond motifs is 1. The summed E-state index contributed by atoms with van der Waals surface area (Å²) >= 11 is 0. The summed E-state index contributed by atoms with van der Waals surface area (Å²) in [5, 5.41) is 0. The summed E-state index contributed by atoms with van der Waals surface area (Å²) in [5.74, 6) is 0.923. The summed E-state index contributed by atoms with van der Waals surface area (Å²) in [6, 6.07) is 16.9. The van der Waals surface area contributed by atoms with Crippen LogP contribution in [0.15, 0.2) is 54.6 Å². The van der Waals surface area contributed by atoms with E-state index in [2.05, 4.69) is 60.5 Å². The average molecular weight is 265 g/mol. The Labute approximate surface area is 120 Å². The summed E-state index contributed by atoms with van der Waals surface area (Å²) in [6.07, 6.45) is 2.31. The van der Waals surface area contributed by atoms with Gasteiger partial charge in [0.1, 0.15) is 5.75 Å². The molecule has 0 saturated heterocycles. The minimum Gasteiger partial charge on any atom is -0.497 e. The molecule has 20 heavy (non-hydrogen) atoms. The van der Waals surface area contributed by atoms with Gasteiger partial charge in [-0.2, -0.15) is 0 Å². The molecular weight excluding hydrogens is 246 g/mol. The van der Waals surface area contributed by atoms with Gasteiger partial charge in [0, 0.05) is 13.1 Å². The van der Waals surface area contributed by atoms with Crippen LogP contribution in [0, 0.1) is 0 Å². The Bertz CT molecular complexity index is 631. The number of hydrogen-bond acceptors (Lipinski definition) is 2. The van der Waals surface area contributed by atoms with E-state index in [-0.39, 0.29) is 0 Å². The Morgan fingerprint density at radius 3 is 2.60 bits per heavy atom. The van der Waals surface area contributed by atoms with Gasteiger partial charge in [0.25, 0.3) is 0 Å². The van der Waals surface area contributed by atoms with Crippen LogP contribution in [0.4, 0.5) is 0 Å². The molecule has 102 valence electrons. The van der Waals surface area contributed by atoms with Gasteiger partial charge in [0.2, 0.25) is 0 Å². The van der Waals surface area contributed by atoms with Gasteiger partial charge in [-0.25, -0.2) is 0 Å². The molecule has 0 aromatic heterocycles. The highest BCUT2D eigenvalue weighted by atomic mass is 16.5. The molecule has 0 unspecified atom stereocenters. The van der Waals surface area contributed by atoms with Crippen LogP contribution in [-0.4, -0.2) is 25.6 Å². The fourth-order valence-corrected chi connectivity index (χ4v) is 2.69. The van der Waals surface area contributed by atoms with E-state index in [0.717, 1.165) is 18.8 Å². The third kappa shape index (κ3) is 2.47. The quantitative estimate of drug-likeness (QED) is 0.823. The molecular formula is C18H19NO. The second kappa shape index (κ2) is 5.51. The number of benzene rings is 2. The van der Waals surface area contributed by atoms with Crippen LogP contribution in [0.5, 0.6) is 5.75 Å². The van der Waals surface area contributed by atoms with Crippen molar-refractivity contribution < 1.29 is 4.74 Å². The van der Waals surface area contributed by atoms with Crippen LogP contribution in [0.1, 0.15) is 16.7 Å². The third-order valence-electron chi connectivity index (χ3n) is 3.73. The van der Waals surface area contributed by atoms with Crippen LogP contribution >= 0.6 is 0 Å². The average Bonchev–Trinajstić information content (AvgIpc) is 2.65. The van der Waals surface area contributed by atoms with E-state index < -0.39 is 0 Å². The second-order valence-electron chi connectivity index (χ2n) is 5.20. The molecule has 0 fully saturated rings. The number of methoxy groups -OCH3 is 1. The molecule has 0 bridgehead atoms. The maximum atomic E-state index is 5.36. The lowest BCUT2D eigenvalue weighted by Gasteiger charge is -2.15. The minimum absolute atomic E-state index is 0.923. The molecule has 2 aromatic carbocycles. The second-order valence-corrected chi connectivity index (χ2v) is 5.20. The predicted octanol–water partition coefficient (Wildman–Crippen LogP) is 3.57. The van der Waals surface area contributed by atoms with Gasteiger partial charge in [-0.15, -0.1) is 0 Å². The first-order chi connectivity index (χ1) is 9.78. The van der Waals surface area contributed by atoms with Gasteiger partial charge in [-0.05, 0) is 41.4 Å². The molecule has 0 amide bonds. The first kappa shape index (κ1) is 12.9. The summed E-state index contributed by atoms with van der Waals surface area (Å²) in [5.41, 5.74) is 5.21. The molecule has 3 rings (SSSR count). The van der Waals surface area contributed by atoms with Crippen molar-refractivity contribution in [3.63, 3.8) is 0 Å². The molecule has 1 heterocycles. The molecule has 0 saturated carbocycles. The van der Waals surface area contributed by atoms with Crippen molar-refractivity contribution in [3.05, 3.63) is 71.3 Å². The zero-order valence-corrected chi connectivity index (χ0v) is 12.0. The first-order valence-electron chi connectivity index (χ1n) is 6.89. The molecule has 0 radical (unpaired) electrons. The predicted molar refractivity (Wildman–Crippen MR) is 82.8 cm³/mol. The minimum atomic E-state index is 0.923. The van der Waals surface area contributed by atoms with Crippen LogP contribution in [0.25, 0.3) is 5.57 Å². The normalized spacial score (nSPS) is 15.2. The van der Waals surface area contributed by atoms with E-state index in [1.807, 2.05) is 6.07 Å². The Kier molecular flexibility index (Phi) is 3.57. The van der Waals surface area contributed by atoms with Gasteiger partial charge < -0.3 is 4.74 Å². The Balaban J connectivity index is 2.12. The number of rotatable bonds is 2. The van der Waals surface area contributed by atoms with E-state index >= 15 is 0 Å². The molecule has 0 aliphatic carbocycles. The zero-order chi connectivity index (χ0) is 13.9. The largest absolute Gasteiger partial charge is 0.497 e. The number of hydrogen-bond donors (Lipinski definition) is 0. The van der Waals surface area contributed by atoms with Crippen molar-refractivity contribution in [1.82, 2.24) is 4.90 Å². The third-order valence-corrected chi connectivity index (χ3v) is 3.73. The van der Waals surface area contributed by atoms with Crippen molar-refractivity contribution in [2.24, 2.45) is 0 Å². The van der Waals surface area contributed by atoms with Gasteiger partial charge in [-0.3, -0.25) is 4.90 Å². The summed E-state index contributed by atoms with van der Waals surface area (Å²) < 4.78 is 5.36. The zero-order valence-electron chi connectivity index (χ0n) is 12.0. The smallest absolute Gasteiger partial charge is 0.119 e. The Hall–Kier alpha value is -2.06. The monoisotopic (exact) mass is 265 g/mol. The SMILES string of the molecule is COc1ccc2c(c1)CN(C)CC=C2c1ccccc1. The standard InChI is InChI=1S/C18H19NO/c1-19-11-10-18(14-6-4-3-5-7-14)17-9-8-16(20-2)12-15(17)13-19/h3-10,12H,11,13H2,1-2H3. The molecule has 1 aliphatic heterocycles. The highest BCUT2D eigenvalue weighted by Gasteiger charge is 2.15. The van der Waals surface area contributed by atoms with Crippen LogP contribution < -0.4 is 4.74 Å². The number of likely N-dealkylation sites (N-methyl/N-ethyl adjacent to an activating group) is 1. The van der Waals surface area contributed by atoms with Gasteiger partial charge in [0.05, 0.1) is 7.11 Å². The maximum absolute atomic E-state index is 5.36. The van der Waals surface area contributed by atoms with Crippen molar-refractivity contribution in [1.29, 1.82) is 0 Å². The van der Waals surface area contributed by atoms with E-state index in [0.29, 0.717) is 0 Å². The lowest BCUT2D eigenvalue weighted by atomic mass is 9.94. The summed E-state index contributed by atoms with van der Waals surface area (Å²) in [6.45, 7) is 1.90. The van der Waals surface area contributed by atoms with Crippen LogP contribution in [0.2, 0.25) is 0 Å². The van der Waals surface area contributed by atoms with E-state index in [9.17, 15) is 0 Å². The number of nitrogens with zero attached hydrogens (tertiary/aromatic N) is 1. The molecule has 2 heteroatoms. The van der Waals surface area contributed by atoms with Crippen molar-refractivity contribution in [2.75, 3.05) is 20.7 Å². The van der Waals surface area contributed by atoms with E-state index in [1.165, 1.54) is 22.3 Å². The Morgan fingerprint density at radius 2 is 1.85 bits per heavy atom. The van der Waals surface area contributed by atoms with Crippen molar-refractivity contribution >= 4 is 5.57 Å². The molecule has 0 N–H and O–H groups in total. The fraction of sp³-hybridized carbons (Fsp3) is 0.222.